The molecule has 2 rings (SSSR count). The summed E-state index contributed by atoms with van der Waals surface area (Å²) in [6.07, 6.45) is 8.39. The van der Waals surface area contributed by atoms with Gasteiger partial charge in [-0.3, -0.25) is 0 Å². The quantitative estimate of drug-likeness (QED) is 0.657. The van der Waals surface area contributed by atoms with Crippen LogP contribution < -0.4 is 4.74 Å². The molecule has 1 aromatic rings. The summed E-state index contributed by atoms with van der Waals surface area (Å²) in [4.78, 5) is 0. The van der Waals surface area contributed by atoms with Crippen LogP contribution in [0.3, 0.4) is 0 Å². The molecule has 1 unspecified atom stereocenters. The lowest BCUT2D eigenvalue weighted by atomic mass is 10.1. The summed E-state index contributed by atoms with van der Waals surface area (Å²) in [5, 5.41) is 0. The molecule has 0 aliphatic carbocycles. The third kappa shape index (κ3) is 1.87. The molecule has 72 valence electrons. The van der Waals surface area contributed by atoms with Crippen molar-refractivity contribution < 1.29 is 4.74 Å². The van der Waals surface area contributed by atoms with Gasteiger partial charge >= 0.3 is 0 Å². The van der Waals surface area contributed by atoms with Gasteiger partial charge in [0.2, 0.25) is 0 Å². The van der Waals surface area contributed by atoms with Crippen molar-refractivity contribution in [2.24, 2.45) is 0 Å². The highest BCUT2D eigenvalue weighted by Gasteiger charge is 2.12. The number of fused-ring (bicyclic) bond motifs is 1. The summed E-state index contributed by atoms with van der Waals surface area (Å²) in [5.41, 5.74) is 1.17. The first-order valence-electron chi connectivity index (χ1n) is 4.95. The van der Waals surface area contributed by atoms with Crippen molar-refractivity contribution in [3.8, 4) is 5.75 Å². The molecule has 1 aliphatic heterocycles. The highest BCUT2D eigenvalue weighted by Crippen LogP contribution is 2.26. The molecule has 0 saturated carbocycles. The highest BCUT2D eigenvalue weighted by atomic mass is 16.5. The SMILES string of the molecule is C=CCCC1C=Cc2ccccc2O1. The predicted molar refractivity (Wildman–Crippen MR) is 59.3 cm³/mol. The minimum Gasteiger partial charge on any atom is -0.486 e. The second kappa shape index (κ2) is 4.14. The van der Waals surface area contributed by atoms with E-state index in [0.29, 0.717) is 0 Å². The first kappa shape index (κ1) is 9.07. The van der Waals surface area contributed by atoms with Gasteiger partial charge in [-0.1, -0.05) is 30.4 Å². The zero-order chi connectivity index (χ0) is 9.80. The van der Waals surface area contributed by atoms with Crippen LogP contribution in [0.25, 0.3) is 6.08 Å². The minimum absolute atomic E-state index is 0.211. The first-order valence-corrected chi connectivity index (χ1v) is 4.95. The van der Waals surface area contributed by atoms with E-state index in [1.165, 1.54) is 5.56 Å². The van der Waals surface area contributed by atoms with Crippen LogP contribution in [0.1, 0.15) is 18.4 Å². The fourth-order valence-corrected chi connectivity index (χ4v) is 1.58. The van der Waals surface area contributed by atoms with Gasteiger partial charge in [-0.25, -0.2) is 0 Å². The van der Waals surface area contributed by atoms with Crippen LogP contribution in [0.5, 0.6) is 5.75 Å². The van der Waals surface area contributed by atoms with Crippen LogP contribution in [0.15, 0.2) is 43.0 Å². The zero-order valence-corrected chi connectivity index (χ0v) is 8.15. The molecule has 0 fully saturated rings. The molecule has 14 heavy (non-hydrogen) atoms. The molecular weight excluding hydrogens is 172 g/mol. The lowest BCUT2D eigenvalue weighted by Crippen LogP contribution is -2.16. The van der Waals surface area contributed by atoms with Gasteiger partial charge in [-0.15, -0.1) is 6.58 Å². The van der Waals surface area contributed by atoms with Gasteiger partial charge in [0, 0.05) is 5.56 Å². The van der Waals surface area contributed by atoms with Gasteiger partial charge in [-0.05, 0) is 25.0 Å². The minimum atomic E-state index is 0.211. The van der Waals surface area contributed by atoms with E-state index in [-0.39, 0.29) is 6.10 Å². The molecule has 0 radical (unpaired) electrons. The fraction of sp³-hybridized carbons (Fsp3) is 0.231. The average Bonchev–Trinajstić information content (AvgIpc) is 2.26. The van der Waals surface area contributed by atoms with E-state index < -0.39 is 0 Å². The molecule has 1 aliphatic rings. The largest absolute Gasteiger partial charge is 0.486 e. The highest BCUT2D eigenvalue weighted by molar-refractivity contribution is 5.59. The Balaban J connectivity index is 2.09. The monoisotopic (exact) mass is 186 g/mol. The van der Waals surface area contributed by atoms with E-state index in [1.807, 2.05) is 24.3 Å². The lowest BCUT2D eigenvalue weighted by molar-refractivity contribution is 0.236. The van der Waals surface area contributed by atoms with Crippen LogP contribution >= 0.6 is 0 Å². The maximum atomic E-state index is 5.80. The van der Waals surface area contributed by atoms with E-state index in [2.05, 4.69) is 24.8 Å². The maximum absolute atomic E-state index is 5.80. The van der Waals surface area contributed by atoms with Gasteiger partial charge < -0.3 is 4.74 Å². The lowest BCUT2D eigenvalue weighted by Gasteiger charge is -2.20. The number of rotatable bonds is 3. The van der Waals surface area contributed by atoms with Gasteiger partial charge in [0.25, 0.3) is 0 Å². The number of hydrogen-bond acceptors (Lipinski definition) is 1. The second-order valence-corrected chi connectivity index (χ2v) is 3.42. The summed E-state index contributed by atoms with van der Waals surface area (Å²) < 4.78 is 5.80. The Labute approximate surface area is 84.7 Å². The molecule has 0 saturated heterocycles. The van der Waals surface area contributed by atoms with Crippen LogP contribution in [-0.4, -0.2) is 6.10 Å². The molecule has 1 aromatic carbocycles. The van der Waals surface area contributed by atoms with Crippen LogP contribution in [-0.2, 0) is 0 Å². The van der Waals surface area contributed by atoms with Crippen molar-refractivity contribution >= 4 is 6.08 Å². The van der Waals surface area contributed by atoms with Crippen molar-refractivity contribution in [2.45, 2.75) is 18.9 Å². The topological polar surface area (TPSA) is 9.23 Å². The predicted octanol–water partition coefficient (Wildman–Crippen LogP) is 3.43. The summed E-state index contributed by atoms with van der Waals surface area (Å²) in [6.45, 7) is 3.71. The fourth-order valence-electron chi connectivity index (χ4n) is 1.58. The Hall–Kier alpha value is -1.50. The number of para-hydroxylation sites is 1. The average molecular weight is 186 g/mol. The van der Waals surface area contributed by atoms with Crippen LogP contribution in [0.2, 0.25) is 0 Å². The number of allylic oxidation sites excluding steroid dienone is 1. The molecule has 1 heteroatoms. The van der Waals surface area contributed by atoms with Crippen molar-refractivity contribution in [1.82, 2.24) is 0 Å². The Bertz CT molecular complexity index is 352. The van der Waals surface area contributed by atoms with Crippen molar-refractivity contribution in [3.05, 3.63) is 48.6 Å². The smallest absolute Gasteiger partial charge is 0.127 e. The molecule has 0 N–H and O–H groups in total. The summed E-state index contributed by atoms with van der Waals surface area (Å²) >= 11 is 0. The van der Waals surface area contributed by atoms with Gasteiger partial charge in [0.05, 0.1) is 0 Å². The molecule has 0 aromatic heterocycles. The standard InChI is InChI=1S/C13H14O/c1-2-3-7-12-10-9-11-6-4-5-8-13(11)14-12/h2,4-6,8-10,12H,1,3,7H2. The third-order valence-corrected chi connectivity index (χ3v) is 2.34. The summed E-state index contributed by atoms with van der Waals surface area (Å²) in [5.74, 6) is 0.990. The number of ether oxygens (including phenoxy) is 1. The molecule has 0 spiro atoms. The van der Waals surface area contributed by atoms with E-state index in [4.69, 9.17) is 4.74 Å². The van der Waals surface area contributed by atoms with Gasteiger partial charge in [-0.2, -0.15) is 0 Å². The Kier molecular flexibility index (Phi) is 2.68. The molecule has 0 bridgehead atoms. The molecule has 0 amide bonds. The third-order valence-electron chi connectivity index (χ3n) is 2.34. The Morgan fingerprint density at radius 1 is 1.36 bits per heavy atom. The second-order valence-electron chi connectivity index (χ2n) is 3.42. The molecular formula is C13H14O. The summed E-state index contributed by atoms with van der Waals surface area (Å²) in [6, 6.07) is 8.11. The molecule has 1 heterocycles. The molecule has 1 nitrogen and oxygen atoms in total. The van der Waals surface area contributed by atoms with Gasteiger partial charge in [0.1, 0.15) is 11.9 Å². The van der Waals surface area contributed by atoms with E-state index in [1.54, 1.807) is 0 Å². The van der Waals surface area contributed by atoms with Crippen LogP contribution in [0, 0.1) is 0 Å². The Morgan fingerprint density at radius 3 is 3.07 bits per heavy atom. The summed E-state index contributed by atoms with van der Waals surface area (Å²) in [7, 11) is 0. The van der Waals surface area contributed by atoms with E-state index >= 15 is 0 Å². The van der Waals surface area contributed by atoms with E-state index in [9.17, 15) is 0 Å². The number of hydrogen-bond donors (Lipinski definition) is 0. The van der Waals surface area contributed by atoms with Gasteiger partial charge in [0.15, 0.2) is 0 Å². The van der Waals surface area contributed by atoms with E-state index in [0.717, 1.165) is 18.6 Å². The Morgan fingerprint density at radius 2 is 2.21 bits per heavy atom. The number of benzene rings is 1. The van der Waals surface area contributed by atoms with Crippen molar-refractivity contribution in [3.63, 3.8) is 0 Å². The first-order chi connectivity index (χ1) is 6.90. The van der Waals surface area contributed by atoms with Crippen molar-refractivity contribution in [1.29, 1.82) is 0 Å². The normalized spacial score (nSPS) is 18.4. The zero-order valence-electron chi connectivity index (χ0n) is 8.15. The molecule has 1 atom stereocenters. The van der Waals surface area contributed by atoms with Crippen molar-refractivity contribution in [2.75, 3.05) is 0 Å². The maximum Gasteiger partial charge on any atom is 0.127 e. The van der Waals surface area contributed by atoms with Crippen LogP contribution in [0.4, 0.5) is 0 Å².